The fourth-order valence-corrected chi connectivity index (χ4v) is 1.01. The summed E-state index contributed by atoms with van der Waals surface area (Å²) in [6.45, 7) is 5.94. The van der Waals surface area contributed by atoms with Crippen LogP contribution in [0.2, 0.25) is 0 Å². The molecule has 0 bridgehead atoms. The largest absolute Gasteiger partial charge is 0.472 e. The Kier molecular flexibility index (Phi) is 3.99. The molecule has 3 heteroatoms. The molecule has 1 aromatic heterocycles. The fourth-order valence-electron chi connectivity index (χ4n) is 1.01. The lowest BCUT2D eigenvalue weighted by atomic mass is 10.1. The Morgan fingerprint density at radius 3 is 2.85 bits per heavy atom. The predicted octanol–water partition coefficient (Wildman–Crippen LogP) is 1.35. The predicted molar refractivity (Wildman–Crippen MR) is 53.2 cm³/mol. The Bertz CT molecular complexity index is 219. The van der Waals surface area contributed by atoms with Gasteiger partial charge in [-0.3, -0.25) is 0 Å². The van der Waals surface area contributed by atoms with Gasteiger partial charge in [-0.15, -0.1) is 0 Å². The number of furan rings is 1. The fraction of sp³-hybridized carbons (Fsp3) is 0.600. The van der Waals surface area contributed by atoms with Crippen molar-refractivity contribution >= 4 is 0 Å². The first-order valence-corrected chi connectivity index (χ1v) is 4.67. The summed E-state index contributed by atoms with van der Waals surface area (Å²) in [7, 11) is 0. The second-order valence-corrected chi connectivity index (χ2v) is 3.67. The molecule has 1 aromatic rings. The maximum absolute atomic E-state index is 5.87. The van der Waals surface area contributed by atoms with Gasteiger partial charge in [-0.05, 0) is 12.0 Å². The molecule has 3 nitrogen and oxygen atoms in total. The van der Waals surface area contributed by atoms with E-state index in [-0.39, 0.29) is 6.04 Å². The van der Waals surface area contributed by atoms with Crippen LogP contribution in [-0.4, -0.2) is 12.6 Å². The number of hydrogen-bond donors (Lipinski definition) is 2. The van der Waals surface area contributed by atoms with E-state index in [0.29, 0.717) is 5.92 Å². The zero-order valence-corrected chi connectivity index (χ0v) is 8.29. The van der Waals surface area contributed by atoms with E-state index in [9.17, 15) is 0 Å². The van der Waals surface area contributed by atoms with E-state index in [4.69, 9.17) is 10.2 Å². The van der Waals surface area contributed by atoms with E-state index in [0.717, 1.165) is 18.7 Å². The maximum Gasteiger partial charge on any atom is 0.0947 e. The molecule has 0 aliphatic heterocycles. The highest BCUT2D eigenvalue weighted by Crippen LogP contribution is 2.00. The summed E-state index contributed by atoms with van der Waals surface area (Å²) in [4.78, 5) is 0. The van der Waals surface area contributed by atoms with Gasteiger partial charge in [0.1, 0.15) is 0 Å². The number of nitrogens with one attached hydrogen (secondary N) is 1. The van der Waals surface area contributed by atoms with Crippen LogP contribution in [0.25, 0.3) is 0 Å². The second-order valence-electron chi connectivity index (χ2n) is 3.67. The Hall–Kier alpha value is -0.800. The molecule has 0 aliphatic rings. The van der Waals surface area contributed by atoms with Crippen molar-refractivity contribution in [1.29, 1.82) is 0 Å². The summed E-state index contributed by atoms with van der Waals surface area (Å²) in [6, 6.07) is 2.18. The van der Waals surface area contributed by atoms with Crippen molar-refractivity contribution in [2.24, 2.45) is 11.7 Å². The molecule has 1 heterocycles. The van der Waals surface area contributed by atoms with E-state index < -0.39 is 0 Å². The normalized spacial score (nSPS) is 13.5. The molecule has 1 unspecified atom stereocenters. The zero-order chi connectivity index (χ0) is 9.68. The second kappa shape index (κ2) is 5.04. The van der Waals surface area contributed by atoms with Gasteiger partial charge in [0.25, 0.3) is 0 Å². The number of nitrogens with two attached hydrogens (primary N) is 1. The van der Waals surface area contributed by atoms with Crippen LogP contribution in [-0.2, 0) is 6.54 Å². The Morgan fingerprint density at radius 2 is 2.31 bits per heavy atom. The maximum atomic E-state index is 5.87. The monoisotopic (exact) mass is 182 g/mol. The van der Waals surface area contributed by atoms with Crippen LogP contribution in [0, 0.1) is 5.92 Å². The molecule has 0 spiro atoms. The summed E-state index contributed by atoms with van der Waals surface area (Å²) in [5.74, 6) is 0.525. The minimum Gasteiger partial charge on any atom is -0.472 e. The molecule has 1 rings (SSSR count). The smallest absolute Gasteiger partial charge is 0.0947 e. The lowest BCUT2D eigenvalue weighted by Crippen LogP contribution is -2.37. The van der Waals surface area contributed by atoms with Crippen LogP contribution >= 0.6 is 0 Å². The highest BCUT2D eigenvalue weighted by Gasteiger charge is 2.06. The first-order valence-electron chi connectivity index (χ1n) is 4.67. The van der Waals surface area contributed by atoms with E-state index in [2.05, 4.69) is 19.2 Å². The SMILES string of the molecule is CC(C)C(N)CNCc1ccoc1. The van der Waals surface area contributed by atoms with Gasteiger partial charge in [0, 0.05) is 24.7 Å². The van der Waals surface area contributed by atoms with Crippen LogP contribution in [0.15, 0.2) is 23.0 Å². The third kappa shape index (κ3) is 3.61. The summed E-state index contributed by atoms with van der Waals surface area (Å²) in [5.41, 5.74) is 7.03. The van der Waals surface area contributed by atoms with Crippen molar-refractivity contribution < 1.29 is 4.42 Å². The van der Waals surface area contributed by atoms with Crippen molar-refractivity contribution in [3.63, 3.8) is 0 Å². The molecule has 0 fully saturated rings. The molecule has 74 valence electrons. The molecule has 0 saturated carbocycles. The van der Waals surface area contributed by atoms with Crippen LogP contribution in [0.3, 0.4) is 0 Å². The molecule has 0 aliphatic carbocycles. The average molecular weight is 182 g/mol. The Labute approximate surface area is 79.3 Å². The van der Waals surface area contributed by atoms with Crippen molar-refractivity contribution in [1.82, 2.24) is 5.32 Å². The van der Waals surface area contributed by atoms with Gasteiger partial charge in [-0.25, -0.2) is 0 Å². The van der Waals surface area contributed by atoms with Gasteiger partial charge < -0.3 is 15.5 Å². The van der Waals surface area contributed by atoms with Crippen LogP contribution in [0.1, 0.15) is 19.4 Å². The van der Waals surface area contributed by atoms with Gasteiger partial charge in [-0.2, -0.15) is 0 Å². The molecule has 0 radical (unpaired) electrons. The lowest BCUT2D eigenvalue weighted by Gasteiger charge is -2.15. The Balaban J connectivity index is 2.14. The molecule has 13 heavy (non-hydrogen) atoms. The highest BCUT2D eigenvalue weighted by molar-refractivity contribution is 5.04. The molecule has 0 amide bonds. The summed E-state index contributed by atoms with van der Waals surface area (Å²) in [5, 5.41) is 3.28. The van der Waals surface area contributed by atoms with Gasteiger partial charge in [-0.1, -0.05) is 13.8 Å². The van der Waals surface area contributed by atoms with Crippen molar-refractivity contribution in [2.45, 2.75) is 26.4 Å². The molecule has 0 aromatic carbocycles. The lowest BCUT2D eigenvalue weighted by molar-refractivity contribution is 0.457. The topological polar surface area (TPSA) is 51.2 Å². The van der Waals surface area contributed by atoms with Crippen molar-refractivity contribution in [3.05, 3.63) is 24.2 Å². The van der Waals surface area contributed by atoms with Gasteiger partial charge in [0.05, 0.1) is 12.5 Å². The van der Waals surface area contributed by atoms with Crippen LogP contribution < -0.4 is 11.1 Å². The van der Waals surface area contributed by atoms with Gasteiger partial charge >= 0.3 is 0 Å². The average Bonchev–Trinajstić information content (AvgIpc) is 2.56. The Morgan fingerprint density at radius 1 is 1.54 bits per heavy atom. The molecule has 0 saturated heterocycles. The standard InChI is InChI=1S/C10H18N2O/c1-8(2)10(11)6-12-5-9-3-4-13-7-9/h3-4,7-8,10,12H,5-6,11H2,1-2H3. The van der Waals surface area contributed by atoms with Gasteiger partial charge in [0.15, 0.2) is 0 Å². The van der Waals surface area contributed by atoms with E-state index in [1.54, 1.807) is 12.5 Å². The zero-order valence-electron chi connectivity index (χ0n) is 8.29. The summed E-state index contributed by atoms with van der Waals surface area (Å²) in [6.07, 6.45) is 3.42. The molecular weight excluding hydrogens is 164 g/mol. The summed E-state index contributed by atoms with van der Waals surface area (Å²) < 4.78 is 4.95. The third-order valence-corrected chi connectivity index (χ3v) is 2.15. The molecule has 3 N–H and O–H groups in total. The molecule has 1 atom stereocenters. The number of hydrogen-bond acceptors (Lipinski definition) is 3. The van der Waals surface area contributed by atoms with E-state index in [1.807, 2.05) is 6.07 Å². The third-order valence-electron chi connectivity index (χ3n) is 2.15. The van der Waals surface area contributed by atoms with E-state index in [1.165, 1.54) is 0 Å². The molecular formula is C10H18N2O. The minimum atomic E-state index is 0.229. The highest BCUT2D eigenvalue weighted by atomic mass is 16.3. The van der Waals surface area contributed by atoms with Gasteiger partial charge in [0.2, 0.25) is 0 Å². The van der Waals surface area contributed by atoms with Crippen LogP contribution in [0.5, 0.6) is 0 Å². The van der Waals surface area contributed by atoms with Crippen molar-refractivity contribution in [2.75, 3.05) is 6.54 Å². The minimum absolute atomic E-state index is 0.229. The summed E-state index contributed by atoms with van der Waals surface area (Å²) >= 11 is 0. The number of rotatable bonds is 5. The van der Waals surface area contributed by atoms with E-state index >= 15 is 0 Å². The van der Waals surface area contributed by atoms with Crippen LogP contribution in [0.4, 0.5) is 0 Å². The quantitative estimate of drug-likeness (QED) is 0.722. The first-order chi connectivity index (χ1) is 6.20. The first kappa shape index (κ1) is 10.3. The van der Waals surface area contributed by atoms with Crippen molar-refractivity contribution in [3.8, 4) is 0 Å².